The third-order valence-corrected chi connectivity index (χ3v) is 2.83. The van der Waals surface area contributed by atoms with E-state index < -0.39 is 0 Å². The second-order valence-electron chi connectivity index (χ2n) is 3.17. The van der Waals surface area contributed by atoms with Crippen molar-refractivity contribution in [3.63, 3.8) is 0 Å². The van der Waals surface area contributed by atoms with E-state index >= 15 is 0 Å². The van der Waals surface area contributed by atoms with E-state index in [0.717, 1.165) is 12.3 Å². The van der Waals surface area contributed by atoms with Crippen molar-refractivity contribution < 1.29 is 0 Å². The van der Waals surface area contributed by atoms with Crippen LogP contribution in [0.15, 0.2) is 22.2 Å². The lowest BCUT2D eigenvalue weighted by atomic mass is 9.93. The lowest BCUT2D eigenvalue weighted by Gasteiger charge is -2.17. The summed E-state index contributed by atoms with van der Waals surface area (Å²) in [4.78, 5) is 0. The minimum Gasteiger partial charge on any atom is -0.0805 e. The summed E-state index contributed by atoms with van der Waals surface area (Å²) in [6, 6.07) is 0. The van der Waals surface area contributed by atoms with E-state index in [1.54, 1.807) is 0 Å². The van der Waals surface area contributed by atoms with Gasteiger partial charge in [-0.3, -0.25) is 0 Å². The third-order valence-electron chi connectivity index (χ3n) is 2.06. The van der Waals surface area contributed by atoms with Gasteiger partial charge in [0.2, 0.25) is 0 Å². The molecule has 1 aliphatic rings. The van der Waals surface area contributed by atoms with Crippen LogP contribution in [0.4, 0.5) is 0 Å². The molecule has 0 nitrogen and oxygen atoms in total. The fourth-order valence-electron chi connectivity index (χ4n) is 1.39. The van der Waals surface area contributed by atoms with Crippen molar-refractivity contribution in [2.45, 2.75) is 33.1 Å². The monoisotopic (exact) mass is 214 g/mol. The van der Waals surface area contributed by atoms with Crippen LogP contribution in [0.1, 0.15) is 33.1 Å². The number of allylic oxidation sites excluding steroid dienone is 4. The Morgan fingerprint density at radius 2 is 2.45 bits per heavy atom. The minimum atomic E-state index is 0.749. The van der Waals surface area contributed by atoms with Crippen LogP contribution in [-0.2, 0) is 0 Å². The lowest BCUT2D eigenvalue weighted by Crippen LogP contribution is -2.00. The van der Waals surface area contributed by atoms with Crippen LogP contribution in [0.2, 0.25) is 0 Å². The summed E-state index contributed by atoms with van der Waals surface area (Å²) >= 11 is 3.59. The molecule has 0 aliphatic heterocycles. The lowest BCUT2D eigenvalue weighted by molar-refractivity contribution is 0.628. The van der Waals surface area contributed by atoms with Crippen molar-refractivity contribution >= 4 is 15.9 Å². The predicted octanol–water partition coefficient (Wildman–Crippen LogP) is 4.03. The normalized spacial score (nSPS) is 28.8. The molecule has 0 bridgehead atoms. The second-order valence-corrected chi connectivity index (χ2v) is 4.02. The molecule has 1 atom stereocenters. The van der Waals surface area contributed by atoms with Crippen LogP contribution in [0, 0.1) is 5.92 Å². The van der Waals surface area contributed by atoms with Gasteiger partial charge >= 0.3 is 0 Å². The van der Waals surface area contributed by atoms with Gasteiger partial charge in [-0.1, -0.05) is 41.9 Å². The van der Waals surface area contributed by atoms with E-state index in [1.165, 1.54) is 22.9 Å². The van der Waals surface area contributed by atoms with Crippen molar-refractivity contribution in [2.24, 2.45) is 5.92 Å². The Bertz CT molecular complexity index is 189. The van der Waals surface area contributed by atoms with Gasteiger partial charge in [-0.15, -0.1) is 0 Å². The maximum atomic E-state index is 3.59. The molecule has 0 amide bonds. The van der Waals surface area contributed by atoms with E-state index in [4.69, 9.17) is 0 Å². The number of halogens is 1. The molecule has 62 valence electrons. The van der Waals surface area contributed by atoms with Crippen LogP contribution >= 0.6 is 15.9 Å². The van der Waals surface area contributed by atoms with Gasteiger partial charge in [-0.25, -0.2) is 0 Å². The first-order valence-electron chi connectivity index (χ1n) is 4.30. The molecule has 0 heterocycles. The smallest absolute Gasteiger partial charge is 0.0166 e. The highest BCUT2D eigenvalue weighted by atomic mass is 79.9. The van der Waals surface area contributed by atoms with E-state index in [9.17, 15) is 0 Å². The summed E-state index contributed by atoms with van der Waals surface area (Å²) in [7, 11) is 0. The van der Waals surface area contributed by atoms with Crippen LogP contribution in [-0.4, -0.2) is 0 Å². The molecule has 1 aliphatic carbocycles. The molecular weight excluding hydrogens is 200 g/mol. The van der Waals surface area contributed by atoms with Gasteiger partial charge in [0.25, 0.3) is 0 Å². The molecule has 0 saturated carbocycles. The fourth-order valence-corrected chi connectivity index (χ4v) is 2.20. The molecule has 0 radical (unpaired) electrons. The first kappa shape index (κ1) is 9.05. The Labute approximate surface area is 77.5 Å². The highest BCUT2D eigenvalue weighted by Gasteiger charge is 2.11. The maximum absolute atomic E-state index is 3.59. The van der Waals surface area contributed by atoms with Crippen LogP contribution < -0.4 is 0 Å². The van der Waals surface area contributed by atoms with Gasteiger partial charge in [0, 0.05) is 4.48 Å². The van der Waals surface area contributed by atoms with Crippen molar-refractivity contribution in [3.8, 4) is 0 Å². The molecule has 0 fully saturated rings. The summed E-state index contributed by atoms with van der Waals surface area (Å²) in [5.41, 5.74) is 1.49. The Morgan fingerprint density at radius 1 is 1.73 bits per heavy atom. The van der Waals surface area contributed by atoms with Crippen LogP contribution in [0.5, 0.6) is 0 Å². The molecule has 0 spiro atoms. The van der Waals surface area contributed by atoms with Gasteiger partial charge in [-0.05, 0) is 30.8 Å². The maximum Gasteiger partial charge on any atom is 0.0166 e. The molecule has 1 rings (SSSR count). The molecule has 0 saturated heterocycles. The minimum absolute atomic E-state index is 0.749. The van der Waals surface area contributed by atoms with Crippen LogP contribution in [0.25, 0.3) is 0 Å². The first-order chi connectivity index (χ1) is 5.24. The summed E-state index contributed by atoms with van der Waals surface area (Å²) < 4.78 is 1.32. The first-order valence-corrected chi connectivity index (χ1v) is 5.10. The average Bonchev–Trinajstić information content (AvgIpc) is 1.95. The molecule has 0 aromatic rings. The fraction of sp³-hybridized carbons (Fsp3) is 0.600. The Kier molecular flexibility index (Phi) is 3.38. The Balaban J connectivity index is 2.72. The van der Waals surface area contributed by atoms with E-state index in [1.807, 2.05) is 0 Å². The van der Waals surface area contributed by atoms with Gasteiger partial charge in [0.15, 0.2) is 0 Å². The largest absolute Gasteiger partial charge is 0.0805 e. The summed E-state index contributed by atoms with van der Waals surface area (Å²) in [6.45, 7) is 4.45. The van der Waals surface area contributed by atoms with Crippen molar-refractivity contribution in [3.05, 3.63) is 22.2 Å². The molecule has 0 N–H and O–H groups in total. The summed E-state index contributed by atoms with van der Waals surface area (Å²) in [5, 5.41) is 0. The van der Waals surface area contributed by atoms with Crippen molar-refractivity contribution in [2.75, 3.05) is 0 Å². The Morgan fingerprint density at radius 3 is 3.00 bits per heavy atom. The summed E-state index contributed by atoms with van der Waals surface area (Å²) in [5.74, 6) is 0.749. The number of hydrogen-bond acceptors (Lipinski definition) is 0. The van der Waals surface area contributed by atoms with Crippen LogP contribution in [0.3, 0.4) is 0 Å². The van der Waals surface area contributed by atoms with Gasteiger partial charge in [0.1, 0.15) is 0 Å². The van der Waals surface area contributed by atoms with Gasteiger partial charge in [0.05, 0.1) is 0 Å². The quantitative estimate of drug-likeness (QED) is 0.619. The molecule has 1 unspecified atom stereocenters. The topological polar surface area (TPSA) is 0 Å². The molecule has 11 heavy (non-hydrogen) atoms. The second kappa shape index (κ2) is 4.10. The molecule has 0 aromatic heterocycles. The molecule has 0 aromatic carbocycles. The SMILES string of the molecule is CC/C=C1\CCC(C)C=C1Br. The summed E-state index contributed by atoms with van der Waals surface area (Å²) in [6.07, 6.45) is 8.32. The standard InChI is InChI=1S/C10H15Br/c1-3-4-9-6-5-8(2)7-10(9)11/h4,7-8H,3,5-6H2,1-2H3/b9-4+. The highest BCUT2D eigenvalue weighted by Crippen LogP contribution is 2.31. The van der Waals surface area contributed by atoms with E-state index in [0.29, 0.717) is 0 Å². The Hall–Kier alpha value is -0.0400. The average molecular weight is 215 g/mol. The molecular formula is C10H15Br. The zero-order valence-electron chi connectivity index (χ0n) is 7.23. The zero-order valence-corrected chi connectivity index (χ0v) is 8.82. The van der Waals surface area contributed by atoms with E-state index in [2.05, 4.69) is 41.9 Å². The van der Waals surface area contributed by atoms with Gasteiger partial charge < -0.3 is 0 Å². The molecule has 1 heteroatoms. The van der Waals surface area contributed by atoms with Gasteiger partial charge in [-0.2, -0.15) is 0 Å². The zero-order chi connectivity index (χ0) is 8.27. The highest BCUT2D eigenvalue weighted by molar-refractivity contribution is 9.12. The number of rotatable bonds is 1. The predicted molar refractivity (Wildman–Crippen MR) is 53.8 cm³/mol. The number of hydrogen-bond donors (Lipinski definition) is 0. The van der Waals surface area contributed by atoms with Crippen molar-refractivity contribution in [1.29, 1.82) is 0 Å². The third kappa shape index (κ3) is 2.48. The van der Waals surface area contributed by atoms with E-state index in [-0.39, 0.29) is 0 Å². The van der Waals surface area contributed by atoms with Crippen molar-refractivity contribution in [1.82, 2.24) is 0 Å².